The lowest BCUT2D eigenvalue weighted by Crippen LogP contribution is -2.43. The van der Waals surface area contributed by atoms with E-state index in [1.54, 1.807) is 0 Å². The molecule has 0 aromatic heterocycles. The Hall–Kier alpha value is -1.55. The minimum Gasteiger partial charge on any atom is -0.493 e. The fourth-order valence-corrected chi connectivity index (χ4v) is 3.01. The lowest BCUT2D eigenvalue weighted by molar-refractivity contribution is -0.140. The average molecular weight is 364 g/mol. The van der Waals surface area contributed by atoms with E-state index in [-0.39, 0.29) is 5.91 Å². The summed E-state index contributed by atoms with van der Waals surface area (Å²) in [6.45, 7) is 13.6. The number of nitrogens with one attached hydrogen (secondary N) is 1. The monoisotopic (exact) mass is 363 g/mol. The van der Waals surface area contributed by atoms with E-state index in [0.717, 1.165) is 61.1 Å². The molecule has 1 atom stereocenters. The predicted molar refractivity (Wildman–Crippen MR) is 109 cm³/mol. The van der Waals surface area contributed by atoms with E-state index in [2.05, 4.69) is 26.1 Å². The molecule has 148 valence electrons. The van der Waals surface area contributed by atoms with Gasteiger partial charge in [0.15, 0.2) is 0 Å². The smallest absolute Gasteiger partial charge is 0.256 e. The Labute approximate surface area is 159 Å². The number of carbonyl (C=O) groups is 1. The second-order valence-electron chi connectivity index (χ2n) is 7.28. The van der Waals surface area contributed by atoms with Crippen molar-refractivity contribution in [3.8, 4) is 5.75 Å². The van der Waals surface area contributed by atoms with Gasteiger partial charge in [0.1, 0.15) is 11.4 Å². The van der Waals surface area contributed by atoms with Crippen molar-refractivity contribution in [2.75, 3.05) is 18.5 Å². The van der Waals surface area contributed by atoms with Gasteiger partial charge < -0.3 is 14.8 Å². The van der Waals surface area contributed by atoms with Crippen LogP contribution >= 0.6 is 0 Å². The molecule has 1 N–H and O–H groups in total. The molecule has 0 bridgehead atoms. The van der Waals surface area contributed by atoms with Crippen LogP contribution in [0.5, 0.6) is 5.75 Å². The number of benzene rings is 1. The summed E-state index contributed by atoms with van der Waals surface area (Å²) in [5.41, 5.74) is 2.09. The number of unbranched alkanes of at least 4 members (excludes halogenated alkanes) is 2. The molecule has 1 rings (SSSR count). The van der Waals surface area contributed by atoms with Crippen molar-refractivity contribution < 1.29 is 14.3 Å². The minimum absolute atomic E-state index is 0.0666. The number of ether oxygens (including phenoxy) is 2. The van der Waals surface area contributed by atoms with Crippen molar-refractivity contribution in [2.45, 2.75) is 85.7 Å². The molecule has 0 saturated heterocycles. The summed E-state index contributed by atoms with van der Waals surface area (Å²) in [6.07, 6.45) is 5.85. The first-order valence-corrected chi connectivity index (χ1v) is 10.1. The molecule has 0 aliphatic rings. The predicted octanol–water partition coefficient (Wildman–Crippen LogP) is 5.80. The third kappa shape index (κ3) is 6.64. The van der Waals surface area contributed by atoms with Gasteiger partial charge in [0.25, 0.3) is 5.91 Å². The van der Waals surface area contributed by atoms with Gasteiger partial charge in [-0.1, -0.05) is 40.0 Å². The Morgan fingerprint density at radius 1 is 1.00 bits per heavy atom. The number of amides is 1. The summed E-state index contributed by atoms with van der Waals surface area (Å²) in [5, 5.41) is 3.06. The molecule has 1 aromatic rings. The Kier molecular flexibility index (Phi) is 9.71. The topological polar surface area (TPSA) is 47.6 Å². The van der Waals surface area contributed by atoms with Crippen molar-refractivity contribution >= 4 is 11.6 Å². The van der Waals surface area contributed by atoms with Gasteiger partial charge in [0.2, 0.25) is 0 Å². The van der Waals surface area contributed by atoms with Gasteiger partial charge in [-0.25, -0.2) is 0 Å². The third-order valence-corrected chi connectivity index (χ3v) is 4.53. The molecule has 1 amide bonds. The van der Waals surface area contributed by atoms with Gasteiger partial charge >= 0.3 is 0 Å². The van der Waals surface area contributed by atoms with Crippen molar-refractivity contribution in [1.82, 2.24) is 0 Å². The zero-order valence-corrected chi connectivity index (χ0v) is 17.5. The standard InChI is InChI=1S/C22H37NO3/c1-7-10-11-12-22(6,26-14-9-3)21(24)23-19-15-17(4)20(18(5)16-19)25-13-8-2/h15-16H,7-14H2,1-6H3,(H,23,24)/t22-/m0/s1. The number of hydrogen-bond donors (Lipinski definition) is 1. The number of rotatable bonds is 12. The van der Waals surface area contributed by atoms with Crippen LogP contribution in [0, 0.1) is 13.8 Å². The van der Waals surface area contributed by atoms with E-state index in [1.807, 2.05) is 32.9 Å². The van der Waals surface area contributed by atoms with Crippen molar-refractivity contribution in [2.24, 2.45) is 0 Å². The molecule has 0 unspecified atom stereocenters. The van der Waals surface area contributed by atoms with E-state index >= 15 is 0 Å². The molecule has 1 aromatic carbocycles. The van der Waals surface area contributed by atoms with E-state index in [0.29, 0.717) is 13.2 Å². The number of hydrogen-bond acceptors (Lipinski definition) is 3. The first-order chi connectivity index (χ1) is 12.4. The van der Waals surface area contributed by atoms with Crippen molar-refractivity contribution in [3.63, 3.8) is 0 Å². The van der Waals surface area contributed by atoms with E-state index in [4.69, 9.17) is 9.47 Å². The molecule has 0 radical (unpaired) electrons. The maximum Gasteiger partial charge on any atom is 0.256 e. The Morgan fingerprint density at radius 3 is 2.15 bits per heavy atom. The summed E-state index contributed by atoms with van der Waals surface area (Å²) in [4.78, 5) is 12.9. The molecular formula is C22H37NO3. The maximum atomic E-state index is 12.9. The highest BCUT2D eigenvalue weighted by molar-refractivity contribution is 5.97. The van der Waals surface area contributed by atoms with Gasteiger partial charge in [-0.05, 0) is 63.3 Å². The summed E-state index contributed by atoms with van der Waals surface area (Å²) in [5.74, 6) is 0.848. The van der Waals surface area contributed by atoms with Crippen LogP contribution in [-0.4, -0.2) is 24.7 Å². The lowest BCUT2D eigenvalue weighted by atomic mass is 9.96. The number of anilines is 1. The fraction of sp³-hybridized carbons (Fsp3) is 0.682. The molecule has 0 spiro atoms. The van der Waals surface area contributed by atoms with Crippen LogP contribution in [0.3, 0.4) is 0 Å². The SMILES string of the molecule is CCCCC[C@](C)(OCCC)C(=O)Nc1cc(C)c(OCCC)c(C)c1. The Morgan fingerprint density at radius 2 is 1.62 bits per heavy atom. The lowest BCUT2D eigenvalue weighted by Gasteiger charge is -2.29. The van der Waals surface area contributed by atoms with E-state index in [9.17, 15) is 4.79 Å². The van der Waals surface area contributed by atoms with Gasteiger partial charge in [-0.2, -0.15) is 0 Å². The molecule has 0 saturated carbocycles. The molecule has 0 aliphatic carbocycles. The van der Waals surface area contributed by atoms with Crippen molar-refractivity contribution in [1.29, 1.82) is 0 Å². The summed E-state index contributed by atoms with van der Waals surface area (Å²) in [6, 6.07) is 3.95. The van der Waals surface area contributed by atoms with Gasteiger partial charge in [0.05, 0.1) is 6.61 Å². The van der Waals surface area contributed by atoms with Crippen LogP contribution in [0.25, 0.3) is 0 Å². The highest BCUT2D eigenvalue weighted by Gasteiger charge is 2.33. The largest absolute Gasteiger partial charge is 0.493 e. The zero-order valence-electron chi connectivity index (χ0n) is 17.5. The molecule has 26 heavy (non-hydrogen) atoms. The zero-order chi connectivity index (χ0) is 19.6. The minimum atomic E-state index is -0.787. The molecular weight excluding hydrogens is 326 g/mol. The fourth-order valence-electron chi connectivity index (χ4n) is 3.01. The molecule has 0 aliphatic heterocycles. The van der Waals surface area contributed by atoms with Crippen LogP contribution in [-0.2, 0) is 9.53 Å². The summed E-state index contributed by atoms with van der Waals surface area (Å²) >= 11 is 0. The molecule has 4 heteroatoms. The highest BCUT2D eigenvalue weighted by atomic mass is 16.5. The van der Waals surface area contributed by atoms with Gasteiger partial charge in [-0.3, -0.25) is 4.79 Å². The normalized spacial score (nSPS) is 13.3. The quantitative estimate of drug-likeness (QED) is 0.478. The highest BCUT2D eigenvalue weighted by Crippen LogP contribution is 2.29. The number of carbonyl (C=O) groups excluding carboxylic acids is 1. The van der Waals surface area contributed by atoms with Crippen molar-refractivity contribution in [3.05, 3.63) is 23.3 Å². The van der Waals surface area contributed by atoms with Crippen LogP contribution in [0.1, 0.15) is 77.3 Å². The first kappa shape index (κ1) is 22.5. The molecule has 4 nitrogen and oxygen atoms in total. The van der Waals surface area contributed by atoms with E-state index < -0.39 is 5.60 Å². The first-order valence-electron chi connectivity index (χ1n) is 10.1. The average Bonchev–Trinajstić information content (AvgIpc) is 2.59. The third-order valence-electron chi connectivity index (χ3n) is 4.53. The van der Waals surface area contributed by atoms with Crippen LogP contribution in [0.15, 0.2) is 12.1 Å². The van der Waals surface area contributed by atoms with Crippen LogP contribution in [0.2, 0.25) is 0 Å². The summed E-state index contributed by atoms with van der Waals surface area (Å²) in [7, 11) is 0. The number of aryl methyl sites for hydroxylation is 2. The second-order valence-corrected chi connectivity index (χ2v) is 7.28. The maximum absolute atomic E-state index is 12.9. The van der Waals surface area contributed by atoms with Gasteiger partial charge in [-0.15, -0.1) is 0 Å². The van der Waals surface area contributed by atoms with Gasteiger partial charge in [0, 0.05) is 12.3 Å². The summed E-state index contributed by atoms with van der Waals surface area (Å²) < 4.78 is 11.8. The molecule has 0 heterocycles. The van der Waals surface area contributed by atoms with E-state index in [1.165, 1.54) is 0 Å². The molecule has 0 fully saturated rings. The van der Waals surface area contributed by atoms with Crippen LogP contribution < -0.4 is 10.1 Å². The van der Waals surface area contributed by atoms with Crippen LogP contribution in [0.4, 0.5) is 5.69 Å². The second kappa shape index (κ2) is 11.2. The Balaban J connectivity index is 2.90. The Bertz CT molecular complexity index is 548.